The summed E-state index contributed by atoms with van der Waals surface area (Å²) in [6, 6.07) is 14.0. The van der Waals surface area contributed by atoms with Crippen LogP contribution in [0.25, 0.3) is 6.08 Å². The normalized spacial score (nSPS) is 19.2. The van der Waals surface area contributed by atoms with E-state index in [4.69, 9.17) is 4.74 Å². The lowest BCUT2D eigenvalue weighted by Gasteiger charge is -2.33. The molecule has 1 atom stereocenters. The minimum absolute atomic E-state index is 0.0751. The number of hydrogen-bond donors (Lipinski definition) is 1. The quantitative estimate of drug-likeness (QED) is 0.484. The number of benzene rings is 1. The molecule has 174 valence electrons. The first kappa shape index (κ1) is 22.1. The number of rotatable bonds is 5. The van der Waals surface area contributed by atoms with Crippen LogP contribution >= 0.6 is 0 Å². The molecular formula is C28H30N4O2. The lowest BCUT2D eigenvalue weighted by atomic mass is 9.91. The maximum Gasteiger partial charge on any atom is 0.321 e. The van der Waals surface area contributed by atoms with Crippen molar-refractivity contribution in [1.82, 2.24) is 14.9 Å². The zero-order valence-corrected chi connectivity index (χ0v) is 19.7. The van der Waals surface area contributed by atoms with Gasteiger partial charge in [0.25, 0.3) is 0 Å². The van der Waals surface area contributed by atoms with Gasteiger partial charge in [-0.2, -0.15) is 0 Å². The molecule has 2 aliphatic rings. The number of urea groups is 1. The summed E-state index contributed by atoms with van der Waals surface area (Å²) in [5, 5.41) is 2.96. The maximum absolute atomic E-state index is 12.7. The molecule has 0 spiro atoms. The number of hydrogen-bond acceptors (Lipinski definition) is 4. The third-order valence-corrected chi connectivity index (χ3v) is 6.45. The Kier molecular flexibility index (Phi) is 6.30. The smallest absolute Gasteiger partial charge is 0.321 e. The molecule has 3 heterocycles. The van der Waals surface area contributed by atoms with Gasteiger partial charge in [-0.25, -0.2) is 9.78 Å². The molecular weight excluding hydrogens is 424 g/mol. The van der Waals surface area contributed by atoms with Crippen LogP contribution in [-0.4, -0.2) is 34.0 Å². The lowest BCUT2D eigenvalue weighted by Crippen LogP contribution is -2.42. The van der Waals surface area contributed by atoms with Crippen molar-refractivity contribution in [3.05, 3.63) is 83.3 Å². The van der Waals surface area contributed by atoms with Gasteiger partial charge in [-0.3, -0.25) is 4.98 Å². The second kappa shape index (κ2) is 9.67. The highest BCUT2D eigenvalue weighted by atomic mass is 16.5. The molecule has 5 rings (SSSR count). The van der Waals surface area contributed by atoms with E-state index in [1.807, 2.05) is 48.4 Å². The minimum Gasteiger partial charge on any atom is -0.439 e. The van der Waals surface area contributed by atoms with Crippen LogP contribution in [-0.2, 0) is 0 Å². The van der Waals surface area contributed by atoms with Gasteiger partial charge in [0, 0.05) is 31.5 Å². The number of ether oxygens (including phenoxy) is 1. The summed E-state index contributed by atoms with van der Waals surface area (Å²) in [5.41, 5.74) is 5.48. The van der Waals surface area contributed by atoms with E-state index in [1.165, 1.54) is 24.0 Å². The van der Waals surface area contributed by atoms with E-state index in [0.717, 1.165) is 29.0 Å². The van der Waals surface area contributed by atoms with E-state index in [0.29, 0.717) is 24.9 Å². The Hall–Kier alpha value is -3.67. The zero-order valence-electron chi connectivity index (χ0n) is 19.7. The van der Waals surface area contributed by atoms with E-state index < -0.39 is 0 Å². The number of piperidine rings is 1. The SMILES string of the molecule is Cc1cncc(NC(=O)N2CC/C(=C\c3cccc(Oc4ccc(C5CC5)cn4)c3)C(C)C2)c1. The van der Waals surface area contributed by atoms with Gasteiger partial charge in [0.15, 0.2) is 0 Å². The maximum atomic E-state index is 12.7. The Bertz CT molecular complexity index is 1200. The molecule has 1 saturated heterocycles. The Balaban J connectivity index is 1.20. The van der Waals surface area contributed by atoms with Gasteiger partial charge in [-0.1, -0.05) is 36.8 Å². The van der Waals surface area contributed by atoms with E-state index in [2.05, 4.69) is 40.4 Å². The van der Waals surface area contributed by atoms with Crippen molar-refractivity contribution in [3.8, 4) is 11.6 Å². The summed E-state index contributed by atoms with van der Waals surface area (Å²) < 4.78 is 6.00. The van der Waals surface area contributed by atoms with Crippen molar-refractivity contribution < 1.29 is 9.53 Å². The van der Waals surface area contributed by atoms with E-state index >= 15 is 0 Å². The summed E-state index contributed by atoms with van der Waals surface area (Å²) in [7, 11) is 0. The molecule has 6 heteroatoms. The molecule has 0 bridgehead atoms. The van der Waals surface area contributed by atoms with Gasteiger partial charge >= 0.3 is 6.03 Å². The summed E-state index contributed by atoms with van der Waals surface area (Å²) in [6.45, 7) is 5.51. The second-order valence-corrected chi connectivity index (χ2v) is 9.38. The predicted octanol–water partition coefficient (Wildman–Crippen LogP) is 6.41. The number of likely N-dealkylation sites (tertiary alicyclic amines) is 1. The fourth-order valence-electron chi connectivity index (χ4n) is 4.39. The van der Waals surface area contributed by atoms with E-state index in [9.17, 15) is 4.79 Å². The fraction of sp³-hybridized carbons (Fsp3) is 0.321. The van der Waals surface area contributed by atoms with Gasteiger partial charge in [0.1, 0.15) is 5.75 Å². The van der Waals surface area contributed by atoms with Crippen molar-refractivity contribution in [3.63, 3.8) is 0 Å². The number of carbonyl (C=O) groups is 1. The van der Waals surface area contributed by atoms with Crippen molar-refractivity contribution >= 4 is 17.8 Å². The summed E-state index contributed by atoms with van der Waals surface area (Å²) in [5.74, 6) is 2.36. The van der Waals surface area contributed by atoms with Crippen LogP contribution in [0.3, 0.4) is 0 Å². The molecule has 1 aliphatic carbocycles. The number of anilines is 1. The van der Waals surface area contributed by atoms with Gasteiger partial charge in [-0.15, -0.1) is 0 Å². The predicted molar refractivity (Wildman–Crippen MR) is 134 cm³/mol. The summed E-state index contributed by atoms with van der Waals surface area (Å²) in [6.07, 6.45) is 11.0. The first-order valence-electron chi connectivity index (χ1n) is 12.0. The van der Waals surface area contributed by atoms with E-state index in [-0.39, 0.29) is 11.9 Å². The van der Waals surface area contributed by atoms with Crippen LogP contribution in [0.5, 0.6) is 11.6 Å². The minimum atomic E-state index is -0.0751. The first-order valence-corrected chi connectivity index (χ1v) is 12.0. The molecule has 1 aromatic carbocycles. The number of nitrogens with one attached hydrogen (secondary N) is 1. The Morgan fingerprint density at radius 2 is 2.03 bits per heavy atom. The second-order valence-electron chi connectivity index (χ2n) is 9.38. The van der Waals surface area contributed by atoms with Crippen LogP contribution < -0.4 is 10.1 Å². The number of aromatic nitrogens is 2. The van der Waals surface area contributed by atoms with Crippen molar-refractivity contribution in [1.29, 1.82) is 0 Å². The average Bonchev–Trinajstić information content (AvgIpc) is 3.67. The molecule has 1 unspecified atom stereocenters. The first-order chi connectivity index (χ1) is 16.5. The molecule has 1 saturated carbocycles. The molecule has 2 aromatic heterocycles. The van der Waals surface area contributed by atoms with Crippen LogP contribution in [0, 0.1) is 12.8 Å². The zero-order chi connectivity index (χ0) is 23.5. The van der Waals surface area contributed by atoms with Crippen molar-refractivity contribution in [2.75, 3.05) is 18.4 Å². The van der Waals surface area contributed by atoms with Crippen molar-refractivity contribution in [2.24, 2.45) is 5.92 Å². The molecule has 1 aliphatic heterocycles. The third-order valence-electron chi connectivity index (χ3n) is 6.45. The Morgan fingerprint density at radius 3 is 2.76 bits per heavy atom. The molecule has 6 nitrogen and oxygen atoms in total. The number of pyridine rings is 2. The summed E-state index contributed by atoms with van der Waals surface area (Å²) >= 11 is 0. The molecule has 2 amide bonds. The van der Waals surface area contributed by atoms with Gasteiger partial charge in [0.2, 0.25) is 5.88 Å². The average molecular weight is 455 g/mol. The fourth-order valence-corrected chi connectivity index (χ4v) is 4.39. The monoisotopic (exact) mass is 454 g/mol. The lowest BCUT2D eigenvalue weighted by molar-refractivity contribution is 0.198. The molecule has 34 heavy (non-hydrogen) atoms. The number of amides is 2. The molecule has 0 radical (unpaired) electrons. The van der Waals surface area contributed by atoms with Crippen LogP contribution in [0.15, 0.2) is 66.6 Å². The summed E-state index contributed by atoms with van der Waals surface area (Å²) in [4.78, 5) is 23.2. The number of carbonyl (C=O) groups excluding carboxylic acids is 1. The van der Waals surface area contributed by atoms with E-state index in [1.54, 1.807) is 12.4 Å². The Morgan fingerprint density at radius 1 is 1.15 bits per heavy atom. The standard InChI is InChI=1S/C28H30N4O2/c1-19-12-25(17-29-15-19)31-28(33)32-11-10-23(20(2)18-32)13-21-4-3-5-26(14-21)34-27-9-8-24(16-30-27)22-6-7-22/h3-5,8-9,12-17,20,22H,6-7,10-11,18H2,1-2H3,(H,31,33)/b23-13+. The number of aryl methyl sites for hydroxylation is 1. The van der Waals surface area contributed by atoms with Crippen LogP contribution in [0.1, 0.15) is 48.8 Å². The largest absolute Gasteiger partial charge is 0.439 e. The molecule has 1 N–H and O–H groups in total. The van der Waals surface area contributed by atoms with Crippen LogP contribution in [0.2, 0.25) is 0 Å². The Labute approximate surface area is 200 Å². The highest BCUT2D eigenvalue weighted by Gasteiger charge is 2.25. The highest BCUT2D eigenvalue weighted by Crippen LogP contribution is 2.40. The molecule has 3 aromatic rings. The topological polar surface area (TPSA) is 67.4 Å². The van der Waals surface area contributed by atoms with Crippen molar-refractivity contribution in [2.45, 2.75) is 39.0 Å². The van der Waals surface area contributed by atoms with Gasteiger partial charge < -0.3 is 15.0 Å². The van der Waals surface area contributed by atoms with Gasteiger partial charge in [-0.05, 0) is 72.9 Å². The third kappa shape index (κ3) is 5.45. The highest BCUT2D eigenvalue weighted by molar-refractivity contribution is 5.89. The number of nitrogens with zero attached hydrogens (tertiary/aromatic N) is 3. The molecule has 2 fully saturated rings. The van der Waals surface area contributed by atoms with Gasteiger partial charge in [0.05, 0.1) is 11.9 Å². The van der Waals surface area contributed by atoms with Crippen LogP contribution in [0.4, 0.5) is 10.5 Å².